The van der Waals surface area contributed by atoms with Crippen LogP contribution in [0.3, 0.4) is 0 Å². The number of hydrogen-bond donors (Lipinski definition) is 0. The molecule has 0 aromatic rings. The zero-order valence-electron chi connectivity index (χ0n) is 2.23. The first-order valence-corrected chi connectivity index (χ1v) is 0. The molecule has 0 saturated carbocycles. The first-order chi connectivity index (χ1) is 0. The van der Waals surface area contributed by atoms with Crippen molar-refractivity contribution < 1.29 is 42.1 Å². The first-order valence-electron chi connectivity index (χ1n) is 0. The Balaban J connectivity index is 0. The van der Waals surface area contributed by atoms with Crippen LogP contribution in [0, 0.1) is 0 Å². The molecule has 0 spiro atoms. The molecule has 0 aliphatic heterocycles. The monoisotopic (exact) mass is 616 g/mol. The van der Waals surface area contributed by atoms with Gasteiger partial charge in [-0.3, -0.25) is 0 Å². The number of rotatable bonds is 0. The summed E-state index contributed by atoms with van der Waals surface area (Å²) >= 11 is 0. The Morgan fingerprint density at radius 1 is 1.00 bits per heavy atom. The average Bonchev–Trinajstić information content (AvgIpc) is 0. The third-order valence-corrected chi connectivity index (χ3v) is 0. The summed E-state index contributed by atoms with van der Waals surface area (Å²) in [5.41, 5.74) is 0. The molecule has 0 atom stereocenters. The minimum Gasteiger partial charge on any atom is 0 e. The molecule has 0 rings (SSSR count). The van der Waals surface area contributed by atoms with E-state index in [0.717, 1.165) is 0 Å². The summed E-state index contributed by atoms with van der Waals surface area (Å²) in [6.45, 7) is 0. The molecule has 0 aliphatic carbocycles. The van der Waals surface area contributed by atoms with E-state index in [1.165, 1.54) is 0 Å². The van der Waals surface area contributed by atoms with Crippen LogP contribution in [0.4, 0.5) is 0 Å². The van der Waals surface area contributed by atoms with Gasteiger partial charge in [0.25, 0.3) is 0 Å². The van der Waals surface area contributed by atoms with Crippen molar-refractivity contribution in [1.29, 1.82) is 0 Å². The van der Waals surface area contributed by atoms with E-state index in [4.69, 9.17) is 0 Å². The quantitative estimate of drug-likeness (QED) is 0.275. The Bertz CT molecular complexity index is 8.00. The van der Waals surface area contributed by atoms with E-state index >= 15 is 0 Å². The van der Waals surface area contributed by atoms with Gasteiger partial charge in [-0.1, -0.05) is 0 Å². The summed E-state index contributed by atoms with van der Waals surface area (Å²) in [5.74, 6) is 0. The summed E-state index contributed by atoms with van der Waals surface area (Å²) in [6.07, 6.45) is 0. The van der Waals surface area contributed by atoms with Gasteiger partial charge in [-0.05, 0) is 0 Å². The molecule has 0 fully saturated rings. The van der Waals surface area contributed by atoms with E-state index < -0.39 is 0 Å². The standard InChI is InChI=1S/Bi.Mo.Sn.W.5H. The van der Waals surface area contributed by atoms with Gasteiger partial charge in [0, 0.05) is 42.1 Å². The topological polar surface area (TPSA) is 0 Å². The van der Waals surface area contributed by atoms with E-state index in [0.29, 0.717) is 0 Å². The van der Waals surface area contributed by atoms with Crippen molar-refractivity contribution >= 4 is 50.1 Å². The largest absolute Gasteiger partial charge is 0 e. The molecule has 0 saturated heterocycles. The SMILES string of the molecule is [BiH3].[Mo].[SnH2].[W]. The van der Waals surface area contributed by atoms with Crippen LogP contribution in [-0.4, -0.2) is 50.1 Å². The van der Waals surface area contributed by atoms with Crippen molar-refractivity contribution in [3.05, 3.63) is 0 Å². The normalized spacial score (nSPS) is 0. The summed E-state index contributed by atoms with van der Waals surface area (Å²) in [6, 6.07) is 0. The second-order valence-corrected chi connectivity index (χ2v) is 0. The average molecular weight is 613 g/mol. The Labute approximate surface area is 90.5 Å². The molecule has 2 radical (unpaired) electrons. The van der Waals surface area contributed by atoms with Gasteiger partial charge in [-0.15, -0.1) is 0 Å². The van der Waals surface area contributed by atoms with Gasteiger partial charge in [0.15, 0.2) is 0 Å². The number of hydrogen-bond acceptors (Lipinski definition) is 0. The molecule has 0 aromatic carbocycles. The van der Waals surface area contributed by atoms with Crippen molar-refractivity contribution in [2.24, 2.45) is 0 Å². The second-order valence-electron chi connectivity index (χ2n) is 0. The molecular formula is H5BiMoSnW. The Kier molecular flexibility index (Phi) is 115. The van der Waals surface area contributed by atoms with Crippen LogP contribution < -0.4 is 0 Å². The smallest absolute Gasteiger partial charge is 0 e. The predicted molar refractivity (Wildman–Crippen MR) is 18.5 cm³/mol. The molecule has 0 bridgehead atoms. The minimum absolute atomic E-state index is 0. The third kappa shape index (κ3) is 8.91. The van der Waals surface area contributed by atoms with Gasteiger partial charge in [-0.2, -0.15) is 0 Å². The van der Waals surface area contributed by atoms with Crippen molar-refractivity contribution in [3.8, 4) is 0 Å². The van der Waals surface area contributed by atoms with Crippen molar-refractivity contribution in [1.82, 2.24) is 0 Å². The molecule has 0 aromatic heterocycles. The molecule has 0 N–H and O–H groups in total. The van der Waals surface area contributed by atoms with Crippen molar-refractivity contribution in [2.75, 3.05) is 0 Å². The molecule has 26 valence electrons. The summed E-state index contributed by atoms with van der Waals surface area (Å²) < 4.78 is 0. The maximum absolute atomic E-state index is 0. The molecule has 4 heteroatoms. The van der Waals surface area contributed by atoms with Gasteiger partial charge < -0.3 is 0 Å². The maximum Gasteiger partial charge on any atom is 0 e. The summed E-state index contributed by atoms with van der Waals surface area (Å²) in [7, 11) is 0. The Morgan fingerprint density at radius 3 is 1.00 bits per heavy atom. The first kappa shape index (κ1) is 27.7. The van der Waals surface area contributed by atoms with Crippen molar-refractivity contribution in [3.63, 3.8) is 0 Å². The Morgan fingerprint density at radius 2 is 1.00 bits per heavy atom. The van der Waals surface area contributed by atoms with Gasteiger partial charge >= 0.3 is 50.1 Å². The van der Waals surface area contributed by atoms with E-state index in [-0.39, 0.29) is 92.2 Å². The fourth-order valence-corrected chi connectivity index (χ4v) is 0. The molecular weight excluding hydrogens is 607 g/mol. The third-order valence-electron chi connectivity index (χ3n) is 0. The fraction of sp³-hybridized carbons (Fsp3) is 0. The molecule has 0 nitrogen and oxygen atoms in total. The summed E-state index contributed by atoms with van der Waals surface area (Å²) in [5, 5.41) is 0. The van der Waals surface area contributed by atoms with Crippen LogP contribution in [0.1, 0.15) is 0 Å². The second kappa shape index (κ2) is 16.6. The van der Waals surface area contributed by atoms with Crippen LogP contribution in [0.5, 0.6) is 0 Å². The zero-order valence-corrected chi connectivity index (χ0v) is 16.7. The Hall–Kier alpha value is 3.06. The minimum atomic E-state index is 0. The molecule has 4 heavy (non-hydrogen) atoms. The maximum atomic E-state index is 0. The van der Waals surface area contributed by atoms with Gasteiger partial charge in [0.1, 0.15) is 0 Å². The molecule has 0 heterocycles. The van der Waals surface area contributed by atoms with Gasteiger partial charge in [0.2, 0.25) is 0 Å². The van der Waals surface area contributed by atoms with Gasteiger partial charge in [-0.25, -0.2) is 0 Å². The fourth-order valence-electron chi connectivity index (χ4n) is 0. The van der Waals surface area contributed by atoms with Crippen LogP contribution >= 0.6 is 0 Å². The van der Waals surface area contributed by atoms with E-state index in [1.54, 1.807) is 0 Å². The van der Waals surface area contributed by atoms with E-state index in [1.807, 2.05) is 0 Å². The molecule has 0 aliphatic rings. The van der Waals surface area contributed by atoms with Crippen LogP contribution in [0.2, 0.25) is 0 Å². The van der Waals surface area contributed by atoms with Crippen LogP contribution in [0.25, 0.3) is 0 Å². The van der Waals surface area contributed by atoms with Crippen molar-refractivity contribution in [2.45, 2.75) is 0 Å². The van der Waals surface area contributed by atoms with E-state index in [9.17, 15) is 0 Å². The van der Waals surface area contributed by atoms with Crippen LogP contribution in [0.15, 0.2) is 0 Å². The zero-order chi connectivity index (χ0) is 0. The van der Waals surface area contributed by atoms with Crippen LogP contribution in [-0.2, 0) is 42.1 Å². The predicted octanol–water partition coefficient (Wildman–Crippen LogP) is -2.11. The van der Waals surface area contributed by atoms with E-state index in [2.05, 4.69) is 0 Å². The molecule has 0 amide bonds. The summed E-state index contributed by atoms with van der Waals surface area (Å²) in [4.78, 5) is 0. The molecule has 0 unspecified atom stereocenters. The van der Waals surface area contributed by atoms with Gasteiger partial charge in [0.05, 0.1) is 0 Å².